The fourth-order valence-electron chi connectivity index (χ4n) is 4.16. The molecule has 0 aromatic heterocycles. The number of hydrogen-bond acceptors (Lipinski definition) is 3. The third-order valence-corrected chi connectivity index (χ3v) is 5.39. The Morgan fingerprint density at radius 2 is 2.04 bits per heavy atom. The first kappa shape index (κ1) is 16.9. The Morgan fingerprint density at radius 1 is 1.19 bits per heavy atom. The molecule has 1 aliphatic heterocycles. The van der Waals surface area contributed by atoms with E-state index in [0.717, 1.165) is 12.1 Å². The van der Waals surface area contributed by atoms with E-state index in [9.17, 15) is 4.79 Å². The molecule has 0 fully saturated rings. The molecule has 134 valence electrons. The van der Waals surface area contributed by atoms with Gasteiger partial charge in [0.05, 0.1) is 23.9 Å². The average molecular weight is 348 g/mol. The minimum Gasteiger partial charge on any atom is -0.383 e. The van der Waals surface area contributed by atoms with E-state index >= 15 is 0 Å². The van der Waals surface area contributed by atoms with E-state index in [1.165, 1.54) is 11.1 Å². The van der Waals surface area contributed by atoms with E-state index in [1.54, 1.807) is 7.11 Å². The van der Waals surface area contributed by atoms with Gasteiger partial charge in [-0.05, 0) is 29.5 Å². The minimum absolute atomic E-state index is 0.0568. The van der Waals surface area contributed by atoms with Crippen molar-refractivity contribution < 1.29 is 9.53 Å². The highest BCUT2D eigenvalue weighted by Crippen LogP contribution is 2.50. The Labute approximate surface area is 154 Å². The van der Waals surface area contributed by atoms with Gasteiger partial charge in [0.1, 0.15) is 0 Å². The van der Waals surface area contributed by atoms with Crippen LogP contribution in [0.15, 0.2) is 60.7 Å². The maximum Gasteiger partial charge on any atom is 0.253 e. The Bertz CT molecular complexity index is 816. The molecule has 4 nitrogen and oxygen atoms in total. The Morgan fingerprint density at radius 3 is 2.85 bits per heavy atom. The summed E-state index contributed by atoms with van der Waals surface area (Å²) in [6.45, 7) is 1.02. The number of benzene rings is 2. The maximum absolute atomic E-state index is 12.7. The number of anilines is 1. The van der Waals surface area contributed by atoms with Crippen LogP contribution in [0.5, 0.6) is 0 Å². The van der Waals surface area contributed by atoms with Crippen LogP contribution in [0, 0.1) is 5.92 Å². The number of para-hydroxylation sites is 1. The topological polar surface area (TPSA) is 50.4 Å². The summed E-state index contributed by atoms with van der Waals surface area (Å²) in [6.07, 6.45) is 5.63. The molecule has 1 aliphatic carbocycles. The van der Waals surface area contributed by atoms with Crippen LogP contribution < -0.4 is 10.6 Å². The molecule has 2 aromatic carbocycles. The lowest BCUT2D eigenvalue weighted by molar-refractivity contribution is 0.0937. The van der Waals surface area contributed by atoms with Crippen LogP contribution in [0.3, 0.4) is 0 Å². The van der Waals surface area contributed by atoms with Gasteiger partial charge in [-0.15, -0.1) is 0 Å². The molecule has 2 N–H and O–H groups in total. The van der Waals surface area contributed by atoms with Gasteiger partial charge in [-0.1, -0.05) is 54.6 Å². The van der Waals surface area contributed by atoms with Crippen molar-refractivity contribution in [3.8, 4) is 0 Å². The summed E-state index contributed by atoms with van der Waals surface area (Å²) in [7, 11) is 1.63. The molecule has 3 atom stereocenters. The molecule has 4 heteroatoms. The first-order valence-corrected chi connectivity index (χ1v) is 9.18. The largest absolute Gasteiger partial charge is 0.383 e. The van der Waals surface area contributed by atoms with Crippen LogP contribution >= 0.6 is 0 Å². The van der Waals surface area contributed by atoms with Crippen LogP contribution in [0.1, 0.15) is 39.9 Å². The van der Waals surface area contributed by atoms with Crippen molar-refractivity contribution in [2.24, 2.45) is 5.92 Å². The zero-order valence-electron chi connectivity index (χ0n) is 14.9. The second-order valence-electron chi connectivity index (χ2n) is 6.90. The molecule has 0 saturated heterocycles. The molecule has 26 heavy (non-hydrogen) atoms. The lowest BCUT2D eigenvalue weighted by Gasteiger charge is -2.38. The number of rotatable bonds is 5. The average Bonchev–Trinajstić information content (AvgIpc) is 3.18. The van der Waals surface area contributed by atoms with Gasteiger partial charge >= 0.3 is 0 Å². The van der Waals surface area contributed by atoms with Crippen LogP contribution in [0.2, 0.25) is 0 Å². The molecule has 0 spiro atoms. The number of hydrogen-bond donors (Lipinski definition) is 2. The van der Waals surface area contributed by atoms with Crippen molar-refractivity contribution in [1.29, 1.82) is 0 Å². The van der Waals surface area contributed by atoms with Gasteiger partial charge in [0.15, 0.2) is 0 Å². The van der Waals surface area contributed by atoms with E-state index in [4.69, 9.17) is 4.74 Å². The van der Waals surface area contributed by atoms with Crippen molar-refractivity contribution in [2.75, 3.05) is 25.6 Å². The highest BCUT2D eigenvalue weighted by molar-refractivity contribution is 6.00. The number of ether oxygens (including phenoxy) is 1. The van der Waals surface area contributed by atoms with Gasteiger partial charge in [-0.3, -0.25) is 4.79 Å². The summed E-state index contributed by atoms with van der Waals surface area (Å²) in [6, 6.07) is 16.8. The van der Waals surface area contributed by atoms with Crippen LogP contribution in [-0.2, 0) is 4.74 Å². The third kappa shape index (κ3) is 3.01. The van der Waals surface area contributed by atoms with Gasteiger partial charge in [-0.2, -0.15) is 0 Å². The Kier molecular flexibility index (Phi) is 4.76. The molecule has 3 unspecified atom stereocenters. The normalized spacial score (nSPS) is 23.0. The summed E-state index contributed by atoms with van der Waals surface area (Å²) in [5.41, 5.74) is 4.16. The molecule has 0 radical (unpaired) electrons. The van der Waals surface area contributed by atoms with Crippen molar-refractivity contribution >= 4 is 11.6 Å². The van der Waals surface area contributed by atoms with Crippen molar-refractivity contribution in [1.82, 2.24) is 5.32 Å². The molecule has 2 aliphatic rings. The summed E-state index contributed by atoms with van der Waals surface area (Å²) in [5, 5.41) is 6.63. The molecular weight excluding hydrogens is 324 g/mol. The highest BCUT2D eigenvalue weighted by atomic mass is 16.5. The standard InChI is InChI=1S/C22H24N2O2/c1-26-14-13-23-22(25)19-12-6-11-18-16-9-5-10-17(16)20(24-21(18)19)15-7-3-2-4-8-15/h2-9,11-12,16-17,20,24H,10,13-14H2,1H3,(H,23,25). The van der Waals surface area contributed by atoms with Gasteiger partial charge in [0.25, 0.3) is 5.91 Å². The molecular formula is C22H24N2O2. The van der Waals surface area contributed by atoms with Crippen LogP contribution in [0.4, 0.5) is 5.69 Å². The monoisotopic (exact) mass is 348 g/mol. The number of fused-ring (bicyclic) bond motifs is 3. The van der Waals surface area contributed by atoms with Crippen molar-refractivity contribution in [2.45, 2.75) is 18.4 Å². The van der Waals surface area contributed by atoms with E-state index in [0.29, 0.717) is 30.6 Å². The second kappa shape index (κ2) is 7.34. The minimum atomic E-state index is -0.0568. The number of amides is 1. The van der Waals surface area contributed by atoms with Crippen LogP contribution in [-0.4, -0.2) is 26.2 Å². The lowest BCUT2D eigenvalue weighted by atomic mass is 9.76. The third-order valence-electron chi connectivity index (χ3n) is 5.39. The predicted molar refractivity (Wildman–Crippen MR) is 103 cm³/mol. The molecule has 4 rings (SSSR count). The summed E-state index contributed by atoms with van der Waals surface area (Å²) in [5.74, 6) is 0.776. The first-order chi connectivity index (χ1) is 12.8. The van der Waals surface area contributed by atoms with Gasteiger partial charge in [0.2, 0.25) is 0 Å². The SMILES string of the molecule is COCCNC(=O)c1cccc2c1NC(c1ccccc1)C1CC=CC21. The molecule has 1 heterocycles. The quantitative estimate of drug-likeness (QED) is 0.637. The zero-order chi connectivity index (χ0) is 17.9. The molecule has 2 aromatic rings. The smallest absolute Gasteiger partial charge is 0.253 e. The van der Waals surface area contributed by atoms with E-state index < -0.39 is 0 Å². The fourth-order valence-corrected chi connectivity index (χ4v) is 4.16. The van der Waals surface area contributed by atoms with Gasteiger partial charge < -0.3 is 15.4 Å². The fraction of sp³-hybridized carbons (Fsp3) is 0.318. The van der Waals surface area contributed by atoms with E-state index in [-0.39, 0.29) is 11.9 Å². The Hall–Kier alpha value is -2.59. The zero-order valence-corrected chi connectivity index (χ0v) is 14.9. The number of nitrogens with one attached hydrogen (secondary N) is 2. The van der Waals surface area contributed by atoms with Gasteiger partial charge in [0, 0.05) is 19.6 Å². The van der Waals surface area contributed by atoms with E-state index in [1.807, 2.05) is 18.2 Å². The second-order valence-corrected chi connectivity index (χ2v) is 6.90. The number of carbonyl (C=O) groups excluding carboxylic acids is 1. The number of carbonyl (C=O) groups is 1. The molecule has 0 bridgehead atoms. The van der Waals surface area contributed by atoms with Crippen LogP contribution in [0.25, 0.3) is 0 Å². The number of methoxy groups -OCH3 is 1. The lowest BCUT2D eigenvalue weighted by Crippen LogP contribution is -2.33. The first-order valence-electron chi connectivity index (χ1n) is 9.18. The van der Waals surface area contributed by atoms with Gasteiger partial charge in [-0.25, -0.2) is 0 Å². The Balaban J connectivity index is 1.70. The molecule has 0 saturated carbocycles. The summed E-state index contributed by atoms with van der Waals surface area (Å²) < 4.78 is 5.03. The van der Waals surface area contributed by atoms with Crippen molar-refractivity contribution in [3.05, 3.63) is 77.4 Å². The van der Waals surface area contributed by atoms with Crippen molar-refractivity contribution in [3.63, 3.8) is 0 Å². The summed E-state index contributed by atoms with van der Waals surface area (Å²) in [4.78, 5) is 12.7. The summed E-state index contributed by atoms with van der Waals surface area (Å²) >= 11 is 0. The highest BCUT2D eigenvalue weighted by Gasteiger charge is 2.39. The number of allylic oxidation sites excluding steroid dienone is 2. The predicted octanol–water partition coefficient (Wildman–Crippen LogP) is 3.89. The maximum atomic E-state index is 12.7. The van der Waals surface area contributed by atoms with E-state index in [2.05, 4.69) is 53.1 Å². The molecule has 1 amide bonds.